The van der Waals surface area contributed by atoms with Gasteiger partial charge in [0.1, 0.15) is 10.5 Å². The first kappa shape index (κ1) is 11.6. The van der Waals surface area contributed by atoms with Crippen LogP contribution in [-0.4, -0.2) is 49.0 Å². The van der Waals surface area contributed by atoms with E-state index in [0.717, 1.165) is 0 Å². The number of sulfonamides is 1. The van der Waals surface area contributed by atoms with Crippen molar-refractivity contribution < 1.29 is 13.2 Å². The van der Waals surface area contributed by atoms with Crippen molar-refractivity contribution in [2.75, 3.05) is 26.3 Å². The summed E-state index contributed by atoms with van der Waals surface area (Å²) >= 11 is 0. The minimum atomic E-state index is -3.46. The molecule has 1 N–H and O–H groups in total. The summed E-state index contributed by atoms with van der Waals surface area (Å²) in [6.07, 6.45) is 3.13. The predicted octanol–water partition coefficient (Wildman–Crippen LogP) is 0.584. The van der Waals surface area contributed by atoms with Crippen molar-refractivity contribution in [1.82, 2.24) is 14.3 Å². The molecule has 0 aliphatic carbocycles. The molecule has 1 aliphatic heterocycles. The van der Waals surface area contributed by atoms with E-state index in [4.69, 9.17) is 4.74 Å². The third-order valence-corrected chi connectivity index (χ3v) is 4.94. The minimum absolute atomic E-state index is 0.285. The van der Waals surface area contributed by atoms with Crippen molar-refractivity contribution in [3.63, 3.8) is 0 Å². The Kier molecular flexibility index (Phi) is 2.81. The van der Waals surface area contributed by atoms with Crippen molar-refractivity contribution in [3.05, 3.63) is 24.5 Å². The molecule has 0 unspecified atom stereocenters. The smallest absolute Gasteiger partial charge is 0.245 e. The van der Waals surface area contributed by atoms with Crippen molar-refractivity contribution >= 4 is 21.1 Å². The van der Waals surface area contributed by atoms with Gasteiger partial charge in [0.25, 0.3) is 0 Å². The van der Waals surface area contributed by atoms with E-state index in [1.54, 1.807) is 18.3 Å². The van der Waals surface area contributed by atoms with E-state index in [1.165, 1.54) is 10.5 Å². The third-order valence-electron chi connectivity index (χ3n) is 3.00. The average Bonchev–Trinajstić information content (AvgIpc) is 2.84. The second-order valence-corrected chi connectivity index (χ2v) is 5.98. The molecule has 1 aliphatic rings. The number of rotatable bonds is 2. The van der Waals surface area contributed by atoms with Crippen LogP contribution >= 0.6 is 0 Å². The van der Waals surface area contributed by atoms with E-state index in [2.05, 4.69) is 9.97 Å². The molecule has 0 bridgehead atoms. The highest BCUT2D eigenvalue weighted by atomic mass is 32.2. The Labute approximate surface area is 105 Å². The second-order valence-electron chi connectivity index (χ2n) is 4.07. The summed E-state index contributed by atoms with van der Waals surface area (Å²) < 4.78 is 31.6. The first-order valence-electron chi connectivity index (χ1n) is 5.69. The number of fused-ring (bicyclic) bond motifs is 1. The predicted molar refractivity (Wildman–Crippen MR) is 65.7 cm³/mol. The Bertz CT molecular complexity index is 659. The lowest BCUT2D eigenvalue weighted by atomic mass is 10.3. The van der Waals surface area contributed by atoms with Crippen molar-refractivity contribution in [3.8, 4) is 0 Å². The van der Waals surface area contributed by atoms with Gasteiger partial charge in [0.2, 0.25) is 10.0 Å². The zero-order valence-corrected chi connectivity index (χ0v) is 10.5. The molecule has 0 spiro atoms. The van der Waals surface area contributed by atoms with Crippen molar-refractivity contribution in [2.45, 2.75) is 4.90 Å². The molecule has 6 nitrogen and oxygen atoms in total. The number of aromatic nitrogens is 2. The van der Waals surface area contributed by atoms with Crippen LogP contribution in [0.25, 0.3) is 11.0 Å². The quantitative estimate of drug-likeness (QED) is 0.863. The van der Waals surface area contributed by atoms with Gasteiger partial charge in [-0.05, 0) is 12.1 Å². The van der Waals surface area contributed by atoms with Gasteiger partial charge in [-0.2, -0.15) is 4.31 Å². The molecule has 0 radical (unpaired) electrons. The Morgan fingerprint density at radius 2 is 2.11 bits per heavy atom. The van der Waals surface area contributed by atoms with Gasteiger partial charge < -0.3 is 9.72 Å². The lowest BCUT2D eigenvalue weighted by Crippen LogP contribution is -2.40. The van der Waals surface area contributed by atoms with Gasteiger partial charge in [0.05, 0.1) is 13.2 Å². The van der Waals surface area contributed by atoms with Gasteiger partial charge in [-0.1, -0.05) is 0 Å². The number of H-pyrrole nitrogens is 1. The van der Waals surface area contributed by atoms with Crippen LogP contribution in [0, 0.1) is 0 Å². The maximum atomic E-state index is 12.5. The SMILES string of the molecule is O=S(=O)(c1c[nH]c2ncccc12)N1CCOCC1. The standard InChI is InChI=1S/C11H13N3O3S/c15-18(16,14-4-6-17-7-5-14)10-8-13-11-9(10)2-1-3-12-11/h1-3,8H,4-7H2,(H,12,13). The van der Waals surface area contributed by atoms with Gasteiger partial charge in [-0.3, -0.25) is 0 Å². The number of nitrogens with zero attached hydrogens (tertiary/aromatic N) is 2. The summed E-state index contributed by atoms with van der Waals surface area (Å²) in [6.45, 7) is 1.68. The first-order chi connectivity index (χ1) is 8.69. The van der Waals surface area contributed by atoms with E-state index < -0.39 is 10.0 Å². The molecule has 7 heteroatoms. The summed E-state index contributed by atoms with van der Waals surface area (Å²) in [6, 6.07) is 3.49. The van der Waals surface area contributed by atoms with Gasteiger partial charge in [0.15, 0.2) is 0 Å². The first-order valence-corrected chi connectivity index (χ1v) is 7.13. The molecule has 0 atom stereocenters. The summed E-state index contributed by atoms with van der Waals surface area (Å²) in [5.41, 5.74) is 0.587. The highest BCUT2D eigenvalue weighted by Gasteiger charge is 2.28. The zero-order chi connectivity index (χ0) is 12.6. The van der Waals surface area contributed by atoms with Crippen LogP contribution in [0.1, 0.15) is 0 Å². The lowest BCUT2D eigenvalue weighted by Gasteiger charge is -2.25. The fourth-order valence-electron chi connectivity index (χ4n) is 2.07. The summed E-state index contributed by atoms with van der Waals surface area (Å²) in [7, 11) is -3.46. The molecule has 3 heterocycles. The molecule has 0 saturated carbocycles. The maximum absolute atomic E-state index is 12.5. The topological polar surface area (TPSA) is 75.3 Å². The van der Waals surface area contributed by atoms with Crippen molar-refractivity contribution in [1.29, 1.82) is 0 Å². The van der Waals surface area contributed by atoms with Crippen LogP contribution in [0.4, 0.5) is 0 Å². The fourth-order valence-corrected chi connectivity index (χ4v) is 3.63. The van der Waals surface area contributed by atoms with Crippen LogP contribution in [0.5, 0.6) is 0 Å². The molecular weight excluding hydrogens is 254 g/mol. The Hall–Kier alpha value is -1.44. The fraction of sp³-hybridized carbons (Fsp3) is 0.364. The molecule has 2 aromatic rings. The highest BCUT2D eigenvalue weighted by molar-refractivity contribution is 7.89. The van der Waals surface area contributed by atoms with E-state index in [0.29, 0.717) is 37.3 Å². The summed E-state index contributed by atoms with van der Waals surface area (Å²) in [4.78, 5) is 7.27. The third kappa shape index (κ3) is 1.80. The molecule has 18 heavy (non-hydrogen) atoms. The second kappa shape index (κ2) is 4.34. The van der Waals surface area contributed by atoms with E-state index in [1.807, 2.05) is 0 Å². The monoisotopic (exact) mass is 267 g/mol. The Balaban J connectivity index is 2.07. The Morgan fingerprint density at radius 3 is 2.89 bits per heavy atom. The van der Waals surface area contributed by atoms with Gasteiger partial charge >= 0.3 is 0 Å². The van der Waals surface area contributed by atoms with Gasteiger partial charge in [0, 0.05) is 30.9 Å². The van der Waals surface area contributed by atoms with E-state index in [-0.39, 0.29) is 4.90 Å². The van der Waals surface area contributed by atoms with Crippen molar-refractivity contribution in [2.24, 2.45) is 0 Å². The van der Waals surface area contributed by atoms with Crippen LogP contribution in [0.3, 0.4) is 0 Å². The van der Waals surface area contributed by atoms with Crippen LogP contribution in [-0.2, 0) is 14.8 Å². The molecule has 0 amide bonds. The number of aromatic amines is 1. The molecule has 2 aromatic heterocycles. The van der Waals surface area contributed by atoms with Crippen LogP contribution < -0.4 is 0 Å². The van der Waals surface area contributed by atoms with Gasteiger partial charge in [-0.15, -0.1) is 0 Å². The largest absolute Gasteiger partial charge is 0.379 e. The molecular formula is C11H13N3O3S. The van der Waals surface area contributed by atoms with E-state index >= 15 is 0 Å². The minimum Gasteiger partial charge on any atom is -0.379 e. The molecule has 1 saturated heterocycles. The molecule has 0 aromatic carbocycles. The summed E-state index contributed by atoms with van der Waals surface area (Å²) in [5.74, 6) is 0. The normalized spacial score (nSPS) is 18.2. The number of ether oxygens (including phenoxy) is 1. The number of hydrogen-bond donors (Lipinski definition) is 1. The number of hydrogen-bond acceptors (Lipinski definition) is 4. The number of nitrogens with one attached hydrogen (secondary N) is 1. The Morgan fingerprint density at radius 1 is 1.33 bits per heavy atom. The van der Waals surface area contributed by atoms with Crippen LogP contribution in [0.15, 0.2) is 29.4 Å². The van der Waals surface area contributed by atoms with Crippen LogP contribution in [0.2, 0.25) is 0 Å². The number of morpholine rings is 1. The molecule has 96 valence electrons. The molecule has 3 rings (SSSR count). The highest BCUT2D eigenvalue weighted by Crippen LogP contribution is 2.24. The maximum Gasteiger partial charge on any atom is 0.245 e. The van der Waals surface area contributed by atoms with E-state index in [9.17, 15) is 8.42 Å². The lowest BCUT2D eigenvalue weighted by molar-refractivity contribution is 0.0730. The molecule has 1 fully saturated rings. The number of pyridine rings is 1. The zero-order valence-electron chi connectivity index (χ0n) is 9.67. The average molecular weight is 267 g/mol. The van der Waals surface area contributed by atoms with Gasteiger partial charge in [-0.25, -0.2) is 13.4 Å². The summed E-state index contributed by atoms with van der Waals surface area (Å²) in [5, 5.41) is 0.629.